The zero-order valence-electron chi connectivity index (χ0n) is 18.6. The number of morpholine rings is 1. The van der Waals surface area contributed by atoms with E-state index in [1.165, 1.54) is 0 Å². The van der Waals surface area contributed by atoms with Gasteiger partial charge in [0.15, 0.2) is 5.96 Å². The number of hydrogen-bond acceptors (Lipinski definition) is 4. The van der Waals surface area contributed by atoms with Gasteiger partial charge in [0.2, 0.25) is 0 Å². The average Bonchev–Trinajstić information content (AvgIpc) is 2.55. The van der Waals surface area contributed by atoms with Crippen LogP contribution in [0, 0.1) is 5.92 Å². The van der Waals surface area contributed by atoms with Crippen molar-refractivity contribution < 1.29 is 4.74 Å². The van der Waals surface area contributed by atoms with Gasteiger partial charge in [-0.3, -0.25) is 14.8 Å². The van der Waals surface area contributed by atoms with Crippen LogP contribution in [0.15, 0.2) is 4.99 Å². The summed E-state index contributed by atoms with van der Waals surface area (Å²) in [6.07, 6.45) is 0.195. The SMILES string of the molecule is CCNC(=NCC1CN(CC(C)C)CCO1)NCCN(C(C)C)C(C)C.I. The Morgan fingerprint density at radius 2 is 1.81 bits per heavy atom. The summed E-state index contributed by atoms with van der Waals surface area (Å²) in [5.74, 6) is 1.59. The molecule has 0 aromatic carbocycles. The molecule has 1 atom stereocenters. The van der Waals surface area contributed by atoms with Crippen LogP contribution >= 0.6 is 24.0 Å². The van der Waals surface area contributed by atoms with E-state index in [2.05, 4.69) is 68.9 Å². The first-order valence-corrected chi connectivity index (χ1v) is 10.4. The van der Waals surface area contributed by atoms with E-state index >= 15 is 0 Å². The van der Waals surface area contributed by atoms with Gasteiger partial charge in [0.1, 0.15) is 0 Å². The van der Waals surface area contributed by atoms with Crippen molar-refractivity contribution in [2.24, 2.45) is 10.9 Å². The predicted molar refractivity (Wildman–Crippen MR) is 127 cm³/mol. The van der Waals surface area contributed by atoms with Crippen molar-refractivity contribution >= 4 is 29.9 Å². The summed E-state index contributed by atoms with van der Waals surface area (Å²) in [5.41, 5.74) is 0. The van der Waals surface area contributed by atoms with Crippen LogP contribution in [-0.4, -0.2) is 86.4 Å². The number of nitrogens with one attached hydrogen (secondary N) is 2. The van der Waals surface area contributed by atoms with Crippen LogP contribution in [-0.2, 0) is 4.74 Å². The second kappa shape index (κ2) is 14.8. The van der Waals surface area contributed by atoms with Gasteiger partial charge in [0, 0.05) is 51.4 Å². The molecule has 1 aliphatic rings. The monoisotopic (exact) mass is 497 g/mol. The van der Waals surface area contributed by atoms with E-state index in [0.717, 1.165) is 51.8 Å². The van der Waals surface area contributed by atoms with Gasteiger partial charge < -0.3 is 15.4 Å². The standard InChI is InChI=1S/C20H43N5O.HI/c1-8-21-20(22-9-10-25(17(4)5)18(6)7)23-13-19-15-24(11-12-26-19)14-16(2)3;/h16-19H,8-15H2,1-7H3,(H2,21,22,23);1H. The maximum absolute atomic E-state index is 5.91. The quantitative estimate of drug-likeness (QED) is 0.276. The molecule has 2 N–H and O–H groups in total. The highest BCUT2D eigenvalue weighted by Gasteiger charge is 2.20. The van der Waals surface area contributed by atoms with Crippen LogP contribution in [0.4, 0.5) is 0 Å². The van der Waals surface area contributed by atoms with Crippen molar-refractivity contribution in [1.29, 1.82) is 0 Å². The lowest BCUT2D eigenvalue weighted by molar-refractivity contribution is -0.0261. The number of ether oxygens (including phenoxy) is 1. The molecule has 1 aliphatic heterocycles. The number of aliphatic imine (C=N–C) groups is 1. The molecule has 1 heterocycles. The molecule has 1 saturated heterocycles. The molecule has 0 saturated carbocycles. The third kappa shape index (κ3) is 11.5. The van der Waals surface area contributed by atoms with E-state index in [-0.39, 0.29) is 30.1 Å². The Hall–Kier alpha value is -0.120. The largest absolute Gasteiger partial charge is 0.374 e. The second-order valence-electron chi connectivity index (χ2n) is 8.22. The molecule has 0 amide bonds. The minimum absolute atomic E-state index is 0. The Morgan fingerprint density at radius 3 is 2.37 bits per heavy atom. The molecule has 0 bridgehead atoms. The van der Waals surface area contributed by atoms with E-state index in [0.29, 0.717) is 24.5 Å². The Labute approximate surface area is 184 Å². The Bertz CT molecular complexity index is 396. The van der Waals surface area contributed by atoms with Gasteiger partial charge >= 0.3 is 0 Å². The Kier molecular flexibility index (Phi) is 14.8. The van der Waals surface area contributed by atoms with E-state index in [1.54, 1.807) is 0 Å². The lowest BCUT2D eigenvalue weighted by Crippen LogP contribution is -2.47. The topological polar surface area (TPSA) is 52.1 Å². The first-order chi connectivity index (χ1) is 12.3. The predicted octanol–water partition coefficient (Wildman–Crippen LogP) is 2.64. The molecule has 1 fully saturated rings. The smallest absolute Gasteiger partial charge is 0.191 e. The summed E-state index contributed by atoms with van der Waals surface area (Å²) < 4.78 is 5.91. The molecule has 1 unspecified atom stereocenters. The minimum atomic E-state index is 0. The molecule has 0 spiro atoms. The van der Waals surface area contributed by atoms with Crippen molar-refractivity contribution in [3.8, 4) is 0 Å². The summed E-state index contributed by atoms with van der Waals surface area (Å²) in [5, 5.41) is 6.82. The first kappa shape index (κ1) is 26.9. The molecule has 162 valence electrons. The van der Waals surface area contributed by atoms with Gasteiger partial charge in [0.25, 0.3) is 0 Å². The summed E-state index contributed by atoms with van der Waals surface area (Å²) in [7, 11) is 0. The van der Waals surface area contributed by atoms with Gasteiger partial charge in [-0.05, 0) is 40.5 Å². The molecule has 0 radical (unpaired) electrons. The van der Waals surface area contributed by atoms with Crippen LogP contribution in [0.2, 0.25) is 0 Å². The maximum atomic E-state index is 5.91. The Balaban J connectivity index is 0.00000676. The Morgan fingerprint density at radius 1 is 1.15 bits per heavy atom. The van der Waals surface area contributed by atoms with Crippen molar-refractivity contribution in [1.82, 2.24) is 20.4 Å². The lowest BCUT2D eigenvalue weighted by atomic mass is 10.2. The van der Waals surface area contributed by atoms with Gasteiger partial charge in [-0.1, -0.05) is 13.8 Å². The molecule has 0 aliphatic carbocycles. The number of guanidine groups is 1. The average molecular weight is 498 g/mol. The van der Waals surface area contributed by atoms with Crippen LogP contribution in [0.1, 0.15) is 48.5 Å². The highest BCUT2D eigenvalue weighted by atomic mass is 127. The highest BCUT2D eigenvalue weighted by Crippen LogP contribution is 2.08. The van der Waals surface area contributed by atoms with Crippen LogP contribution in [0.3, 0.4) is 0 Å². The lowest BCUT2D eigenvalue weighted by Gasteiger charge is -2.33. The molecule has 1 rings (SSSR count). The summed E-state index contributed by atoms with van der Waals surface area (Å²) in [4.78, 5) is 9.75. The fourth-order valence-electron chi connectivity index (χ4n) is 3.52. The molecule has 6 nitrogen and oxygen atoms in total. The van der Waals surface area contributed by atoms with Crippen LogP contribution in [0.5, 0.6) is 0 Å². The van der Waals surface area contributed by atoms with Crippen molar-refractivity contribution in [2.75, 3.05) is 52.4 Å². The fraction of sp³-hybridized carbons (Fsp3) is 0.950. The van der Waals surface area contributed by atoms with Crippen LogP contribution in [0.25, 0.3) is 0 Å². The third-order valence-electron chi connectivity index (χ3n) is 4.63. The normalized spacial score (nSPS) is 19.1. The fourth-order valence-corrected chi connectivity index (χ4v) is 3.52. The van der Waals surface area contributed by atoms with Gasteiger partial charge in [0.05, 0.1) is 19.3 Å². The van der Waals surface area contributed by atoms with Gasteiger partial charge in [-0.15, -0.1) is 24.0 Å². The van der Waals surface area contributed by atoms with Crippen LogP contribution < -0.4 is 10.6 Å². The van der Waals surface area contributed by atoms with Crippen molar-refractivity contribution in [2.45, 2.75) is 66.7 Å². The molecular weight excluding hydrogens is 453 g/mol. The van der Waals surface area contributed by atoms with E-state index < -0.39 is 0 Å². The molecular formula is C20H44IN5O. The number of hydrogen-bond donors (Lipinski definition) is 2. The number of rotatable bonds is 10. The maximum Gasteiger partial charge on any atom is 0.191 e. The van der Waals surface area contributed by atoms with Crippen molar-refractivity contribution in [3.63, 3.8) is 0 Å². The molecule has 0 aromatic heterocycles. The zero-order chi connectivity index (χ0) is 19.5. The first-order valence-electron chi connectivity index (χ1n) is 10.4. The van der Waals surface area contributed by atoms with Crippen molar-refractivity contribution in [3.05, 3.63) is 0 Å². The summed E-state index contributed by atoms with van der Waals surface area (Å²) >= 11 is 0. The van der Waals surface area contributed by atoms with E-state index in [1.807, 2.05) is 0 Å². The number of halogens is 1. The molecule has 27 heavy (non-hydrogen) atoms. The second-order valence-corrected chi connectivity index (χ2v) is 8.22. The van der Waals surface area contributed by atoms with E-state index in [9.17, 15) is 0 Å². The zero-order valence-corrected chi connectivity index (χ0v) is 21.0. The molecule has 7 heteroatoms. The highest BCUT2D eigenvalue weighted by molar-refractivity contribution is 14.0. The summed E-state index contributed by atoms with van der Waals surface area (Å²) in [6, 6.07) is 1.11. The minimum Gasteiger partial charge on any atom is -0.374 e. The van der Waals surface area contributed by atoms with Gasteiger partial charge in [-0.2, -0.15) is 0 Å². The van der Waals surface area contributed by atoms with E-state index in [4.69, 9.17) is 9.73 Å². The summed E-state index contributed by atoms with van der Waals surface area (Å²) in [6.45, 7) is 23.1. The van der Waals surface area contributed by atoms with Gasteiger partial charge in [-0.25, -0.2) is 0 Å². The third-order valence-corrected chi connectivity index (χ3v) is 4.63. The molecule has 0 aromatic rings. The number of nitrogens with zero attached hydrogens (tertiary/aromatic N) is 3.